The van der Waals surface area contributed by atoms with E-state index in [-0.39, 0.29) is 12.1 Å². The van der Waals surface area contributed by atoms with Crippen molar-refractivity contribution in [2.45, 2.75) is 39.2 Å². The molecule has 7 heteroatoms. The number of piperidine rings is 1. The maximum absolute atomic E-state index is 12.1. The molecule has 2 N–H and O–H groups in total. The Balaban J connectivity index is 2.54. The summed E-state index contributed by atoms with van der Waals surface area (Å²) in [5.41, 5.74) is 0. The first-order valence-electron chi connectivity index (χ1n) is 6.78. The lowest BCUT2D eigenvalue weighted by Crippen LogP contribution is -2.53. The van der Waals surface area contributed by atoms with E-state index >= 15 is 0 Å². The van der Waals surface area contributed by atoms with Crippen molar-refractivity contribution in [3.63, 3.8) is 0 Å². The van der Waals surface area contributed by atoms with Gasteiger partial charge < -0.3 is 10.2 Å². The van der Waals surface area contributed by atoms with Crippen LogP contribution in [0.2, 0.25) is 0 Å². The van der Waals surface area contributed by atoms with Crippen LogP contribution in [-0.4, -0.2) is 51.3 Å². The van der Waals surface area contributed by atoms with Gasteiger partial charge in [0.15, 0.2) is 0 Å². The minimum Gasteiger partial charge on any atom is -0.338 e. The zero-order valence-electron chi connectivity index (χ0n) is 12.0. The lowest BCUT2D eigenvalue weighted by atomic mass is 10.0. The van der Waals surface area contributed by atoms with Gasteiger partial charge in [-0.25, -0.2) is 17.9 Å². The zero-order valence-corrected chi connectivity index (χ0v) is 12.8. The van der Waals surface area contributed by atoms with Gasteiger partial charge in [0.25, 0.3) is 0 Å². The Morgan fingerprint density at radius 2 is 2.05 bits per heavy atom. The molecule has 0 aromatic rings. The smallest absolute Gasteiger partial charge is 0.317 e. The number of urea groups is 1. The maximum atomic E-state index is 12.1. The van der Waals surface area contributed by atoms with Crippen LogP contribution in [0.1, 0.15) is 33.1 Å². The van der Waals surface area contributed by atoms with Crippen molar-refractivity contribution in [3.8, 4) is 0 Å². The van der Waals surface area contributed by atoms with Gasteiger partial charge in [-0.1, -0.05) is 13.8 Å². The van der Waals surface area contributed by atoms with Crippen LogP contribution in [0, 0.1) is 5.92 Å². The molecule has 1 aliphatic rings. The third-order valence-electron chi connectivity index (χ3n) is 3.13. The SMILES string of the molecule is CC(C)CNC(=O)N1CCCC[C@H]1CNS(C)(=O)=O. The number of carbonyl (C=O) groups is 1. The zero-order chi connectivity index (χ0) is 14.5. The first kappa shape index (κ1) is 16.2. The molecular formula is C12H25N3O3S. The summed E-state index contributed by atoms with van der Waals surface area (Å²) in [5.74, 6) is 0.404. The summed E-state index contributed by atoms with van der Waals surface area (Å²) in [6.07, 6.45) is 3.99. The topological polar surface area (TPSA) is 78.5 Å². The number of nitrogens with one attached hydrogen (secondary N) is 2. The normalized spacial score (nSPS) is 20.6. The maximum Gasteiger partial charge on any atom is 0.317 e. The van der Waals surface area contributed by atoms with Crippen molar-refractivity contribution in [1.82, 2.24) is 14.9 Å². The summed E-state index contributed by atoms with van der Waals surface area (Å²) < 4.78 is 24.8. The lowest BCUT2D eigenvalue weighted by Gasteiger charge is -2.35. The van der Waals surface area contributed by atoms with Gasteiger partial charge in [0.05, 0.1) is 6.26 Å². The molecule has 0 aliphatic carbocycles. The summed E-state index contributed by atoms with van der Waals surface area (Å²) in [5, 5.41) is 2.89. The largest absolute Gasteiger partial charge is 0.338 e. The monoisotopic (exact) mass is 291 g/mol. The van der Waals surface area contributed by atoms with E-state index < -0.39 is 10.0 Å². The van der Waals surface area contributed by atoms with Gasteiger partial charge in [0.2, 0.25) is 10.0 Å². The van der Waals surface area contributed by atoms with Crippen LogP contribution in [0.25, 0.3) is 0 Å². The third-order valence-corrected chi connectivity index (χ3v) is 3.82. The fourth-order valence-electron chi connectivity index (χ4n) is 2.12. The lowest BCUT2D eigenvalue weighted by molar-refractivity contribution is 0.151. The van der Waals surface area contributed by atoms with Gasteiger partial charge in [-0.3, -0.25) is 0 Å². The molecule has 1 heterocycles. The number of likely N-dealkylation sites (tertiary alicyclic amines) is 1. The third kappa shape index (κ3) is 6.24. The fraction of sp³-hybridized carbons (Fsp3) is 0.917. The molecule has 19 heavy (non-hydrogen) atoms. The van der Waals surface area contributed by atoms with Crippen molar-refractivity contribution in [2.75, 3.05) is 25.9 Å². The second kappa shape index (κ2) is 7.09. The highest BCUT2D eigenvalue weighted by Crippen LogP contribution is 2.16. The van der Waals surface area contributed by atoms with Gasteiger partial charge in [0, 0.05) is 25.7 Å². The molecule has 2 amide bonds. The Bertz CT molecular complexity index is 395. The molecule has 0 unspecified atom stereocenters. The van der Waals surface area contributed by atoms with Gasteiger partial charge in [-0.05, 0) is 25.2 Å². The summed E-state index contributed by atoms with van der Waals surface area (Å²) in [4.78, 5) is 13.8. The van der Waals surface area contributed by atoms with Gasteiger partial charge in [-0.15, -0.1) is 0 Å². The summed E-state index contributed by atoms with van der Waals surface area (Å²) >= 11 is 0. The Kier molecular flexibility index (Phi) is 6.06. The first-order valence-corrected chi connectivity index (χ1v) is 8.68. The van der Waals surface area contributed by atoms with E-state index in [1.54, 1.807) is 4.90 Å². The molecule has 1 fully saturated rings. The predicted molar refractivity (Wildman–Crippen MR) is 75.4 cm³/mol. The van der Waals surface area contributed by atoms with Crippen LogP contribution in [0.5, 0.6) is 0 Å². The average Bonchev–Trinajstić information content (AvgIpc) is 2.33. The Hall–Kier alpha value is -0.820. The number of hydrogen-bond acceptors (Lipinski definition) is 3. The van der Waals surface area contributed by atoms with E-state index in [1.807, 2.05) is 13.8 Å². The van der Waals surface area contributed by atoms with E-state index in [2.05, 4.69) is 10.0 Å². The molecule has 0 bridgehead atoms. The first-order chi connectivity index (χ1) is 8.79. The Morgan fingerprint density at radius 3 is 2.63 bits per heavy atom. The van der Waals surface area contributed by atoms with Crippen molar-refractivity contribution in [2.24, 2.45) is 5.92 Å². The number of rotatable bonds is 5. The highest BCUT2D eigenvalue weighted by molar-refractivity contribution is 7.88. The molecule has 0 radical (unpaired) electrons. The second-order valence-corrected chi connectivity index (χ2v) is 7.38. The molecule has 1 saturated heterocycles. The molecule has 1 rings (SSSR count). The molecule has 112 valence electrons. The molecule has 1 aliphatic heterocycles. The standard InChI is InChI=1S/C12H25N3O3S/c1-10(2)8-13-12(16)15-7-5-4-6-11(15)9-14-19(3,17)18/h10-11,14H,4-9H2,1-3H3,(H,13,16)/t11-/m0/s1. The van der Waals surface area contributed by atoms with E-state index in [4.69, 9.17) is 0 Å². The van der Waals surface area contributed by atoms with E-state index in [1.165, 1.54) is 0 Å². The molecule has 0 aromatic carbocycles. The minimum absolute atomic E-state index is 0.0457. The molecule has 1 atom stereocenters. The molecule has 0 saturated carbocycles. The number of carbonyl (C=O) groups excluding carboxylic acids is 1. The van der Waals surface area contributed by atoms with Crippen LogP contribution < -0.4 is 10.0 Å². The van der Waals surface area contributed by atoms with Crippen molar-refractivity contribution >= 4 is 16.1 Å². The van der Waals surface area contributed by atoms with Crippen molar-refractivity contribution in [3.05, 3.63) is 0 Å². The van der Waals surface area contributed by atoms with E-state index in [9.17, 15) is 13.2 Å². The second-order valence-electron chi connectivity index (χ2n) is 5.54. The van der Waals surface area contributed by atoms with Crippen molar-refractivity contribution < 1.29 is 13.2 Å². The number of sulfonamides is 1. The van der Waals surface area contributed by atoms with Gasteiger partial charge in [-0.2, -0.15) is 0 Å². The van der Waals surface area contributed by atoms with Crippen LogP contribution in [0.3, 0.4) is 0 Å². The quantitative estimate of drug-likeness (QED) is 0.785. The molecule has 0 spiro atoms. The predicted octanol–water partition coefficient (Wildman–Crippen LogP) is 0.756. The van der Waals surface area contributed by atoms with E-state index in [0.717, 1.165) is 25.5 Å². The summed E-state index contributed by atoms with van der Waals surface area (Å²) in [6.45, 7) is 5.72. The molecule has 0 aromatic heterocycles. The summed E-state index contributed by atoms with van der Waals surface area (Å²) in [6, 6.07) is -0.135. The van der Waals surface area contributed by atoms with Gasteiger partial charge in [0.1, 0.15) is 0 Å². The number of nitrogens with zero attached hydrogens (tertiary/aromatic N) is 1. The molecule has 6 nitrogen and oxygen atoms in total. The highest BCUT2D eigenvalue weighted by Gasteiger charge is 2.27. The number of hydrogen-bond donors (Lipinski definition) is 2. The average molecular weight is 291 g/mol. The Labute approximate surface area is 116 Å². The van der Waals surface area contributed by atoms with Crippen LogP contribution >= 0.6 is 0 Å². The Morgan fingerprint density at radius 1 is 1.37 bits per heavy atom. The van der Waals surface area contributed by atoms with E-state index in [0.29, 0.717) is 25.6 Å². The van der Waals surface area contributed by atoms with Crippen LogP contribution in [0.15, 0.2) is 0 Å². The van der Waals surface area contributed by atoms with Crippen LogP contribution in [0.4, 0.5) is 4.79 Å². The highest BCUT2D eigenvalue weighted by atomic mass is 32.2. The van der Waals surface area contributed by atoms with Gasteiger partial charge >= 0.3 is 6.03 Å². The summed E-state index contributed by atoms with van der Waals surface area (Å²) in [7, 11) is -3.21. The number of amides is 2. The van der Waals surface area contributed by atoms with Crippen LogP contribution in [-0.2, 0) is 10.0 Å². The fourth-order valence-corrected chi connectivity index (χ4v) is 2.62. The minimum atomic E-state index is -3.21. The molecular weight excluding hydrogens is 266 g/mol. The van der Waals surface area contributed by atoms with Crippen molar-refractivity contribution in [1.29, 1.82) is 0 Å².